The maximum absolute atomic E-state index is 14.7. The molecule has 132 heavy (non-hydrogen) atoms. The summed E-state index contributed by atoms with van der Waals surface area (Å²) >= 11 is 8.73. The Hall–Kier alpha value is -11.8. The number of carboxylic acids is 1. The number of guanidine groups is 1. The van der Waals surface area contributed by atoms with Gasteiger partial charge < -0.3 is 161 Å². The third kappa shape index (κ3) is 38.5. The second-order valence-electron chi connectivity index (χ2n) is 32.8. The molecule has 0 bridgehead atoms. The van der Waals surface area contributed by atoms with Crippen LogP contribution in [0.15, 0.2) is 48.5 Å². The van der Waals surface area contributed by atoms with Crippen molar-refractivity contribution in [1.82, 2.24) is 84.7 Å². The number of amides is 17. The van der Waals surface area contributed by atoms with Gasteiger partial charge in [-0.3, -0.25) is 86.9 Å². The van der Waals surface area contributed by atoms with Crippen LogP contribution >= 0.6 is 25.3 Å². The number of likely N-dealkylation sites (tertiary alicyclic amines) is 1. The van der Waals surface area contributed by atoms with Crippen LogP contribution in [0.5, 0.6) is 11.5 Å². The Balaban J connectivity index is 1.91. The van der Waals surface area contributed by atoms with Crippen LogP contribution < -0.4 is 126 Å². The fourth-order valence-electron chi connectivity index (χ4n) is 13.4. The van der Waals surface area contributed by atoms with Gasteiger partial charge in [-0.05, 0) is 146 Å². The SMILES string of the molecule is CC[C@H](C)[C@H](NC(=O)[C@@H]1C[C@@H](O)CN1C(=O)[C@@H](N)C(C)C)C(=O)N[C@H](C(=O)N[C@@H](Cc1ccc(O)cc1)C(=O)N[C@@H](CO)C(=O)N[C@@H](CC(N)=O)C(=O)N[C@@H](CCCNC(=N)N)C(=O)N[C@@H](CCN)C(=O)N[C@H](C(=O)N[C@H](CCN)C(=O)N[C@@H](CCCCN)C(=O)N[C@@H](CCN)C(=O)N[C@@H](CC(N)=O)C(=O)N[C@@H](CS)C(=O)N[C@@H](Cc1ccc(O)cc1)C(=O)O)[C@@H](C)O)C(C)(C)S. The summed E-state index contributed by atoms with van der Waals surface area (Å²) in [5.41, 5.74) is 46.8. The number of phenols is 2. The highest BCUT2D eigenvalue weighted by atomic mass is 32.1. The number of aromatic hydroxyl groups is 2. The van der Waals surface area contributed by atoms with E-state index in [-0.39, 0.29) is 120 Å². The minimum Gasteiger partial charge on any atom is -0.508 e. The highest BCUT2D eigenvalue weighted by molar-refractivity contribution is 7.81. The number of carbonyl (C=O) groups excluding carboxylic acids is 17. The number of β-amino-alcohol motifs (C(OH)–C–C–N with tert-alkyl or cyclic N) is 1. The second-order valence-corrected chi connectivity index (χ2v) is 34.3. The Morgan fingerprint density at radius 1 is 0.485 bits per heavy atom. The average Bonchev–Trinajstić information content (AvgIpc) is 1.61. The fourth-order valence-corrected chi connectivity index (χ4v) is 13.8. The van der Waals surface area contributed by atoms with Crippen LogP contribution in [0.3, 0.4) is 0 Å². The molecule has 49 nitrogen and oxygen atoms in total. The predicted molar refractivity (Wildman–Crippen MR) is 483 cm³/mol. The zero-order chi connectivity index (χ0) is 99.7. The summed E-state index contributed by atoms with van der Waals surface area (Å²) in [5, 5.41) is 106. The Labute approximate surface area is 773 Å². The summed E-state index contributed by atoms with van der Waals surface area (Å²) in [6.07, 6.45) is -6.84. The zero-order valence-corrected chi connectivity index (χ0v) is 76.5. The lowest BCUT2D eigenvalue weighted by molar-refractivity contribution is -0.142. The maximum Gasteiger partial charge on any atom is 0.326 e. The quantitative estimate of drug-likeness (QED) is 0.0127. The topological polar surface area (TPSA) is 844 Å². The largest absolute Gasteiger partial charge is 0.508 e. The Morgan fingerprint density at radius 3 is 1.26 bits per heavy atom. The van der Waals surface area contributed by atoms with Gasteiger partial charge in [-0.1, -0.05) is 58.4 Å². The van der Waals surface area contributed by atoms with Gasteiger partial charge in [0.05, 0.1) is 37.7 Å². The van der Waals surface area contributed by atoms with E-state index in [4.69, 9.17) is 51.3 Å². The summed E-state index contributed by atoms with van der Waals surface area (Å²) in [7, 11) is 0. The third-order valence-electron chi connectivity index (χ3n) is 21.1. The molecule has 0 aromatic heterocycles. The van der Waals surface area contributed by atoms with Crippen LogP contribution in [-0.2, 0) is 99.1 Å². The summed E-state index contributed by atoms with van der Waals surface area (Å²) < 4.78 is -1.49. The van der Waals surface area contributed by atoms with Gasteiger partial charge in [-0.15, -0.1) is 0 Å². The molecule has 2 aromatic rings. The van der Waals surface area contributed by atoms with Gasteiger partial charge in [-0.2, -0.15) is 25.3 Å². The summed E-state index contributed by atoms with van der Waals surface area (Å²) in [5.74, 6) is -22.5. The molecule has 1 aliphatic rings. The average molecular weight is 1910 g/mol. The second kappa shape index (κ2) is 56.8. The van der Waals surface area contributed by atoms with Crippen LogP contribution in [-0.4, -0.2) is 313 Å². The molecule has 0 radical (unpaired) electrons. The first-order valence-electron chi connectivity index (χ1n) is 42.8. The third-order valence-corrected chi connectivity index (χ3v) is 21.8. The number of aliphatic hydroxyl groups excluding tert-OH is 3. The van der Waals surface area contributed by atoms with Gasteiger partial charge in [0.2, 0.25) is 100 Å². The van der Waals surface area contributed by atoms with E-state index in [1.807, 2.05) is 0 Å². The standard InChI is InChI=1S/C81H133N25O24S2/c1-8-39(4)61(103-74(124)57-32-45(111)35-106(57)78(128)60(88)38(2)3)75(125)105-63(81(6,7)132)77(127)99-51(30-41-14-18-43(109)19-15-41)69(119)101-55(36-107)72(122)98-52(33-58(86)112)70(120)93-47(13-11-29-91-80(89)90)65(115)95-50(24-28-85)68(118)104-62(40(5)108)76(126)96-49(23-27-84)66(116)92-46(12-9-10-25-82)64(114)94-48(22-26-83)67(117)97-53(34-59(87)113)71(121)102-56(37-131)73(123)100-54(79(129)130)31-42-16-20-44(110)21-17-42/h14-21,38-40,45-57,60-63,107-111,131-132H,8-13,22-37,82-85,88H2,1-7H3,(H2,86,112)(H2,87,113)(H,92,116)(H,93,120)(H,94,114)(H,95,115)(H,96,126)(H,97,117)(H,98,122)(H,99,127)(H,100,123)(H,101,119)(H,102,121)(H,103,124)(H,104,118)(H,105,125)(H,129,130)(H4,89,90,91)/t39-,40+,45+,46-,47-,48-,49+,50-,51-,52-,53-,54-,55-,56-,57-,60-,61-,62-,63+/m0/s1. The number of rotatable bonds is 59. The lowest BCUT2D eigenvalue weighted by Gasteiger charge is -2.34. The number of nitrogens with one attached hydrogen (secondary N) is 16. The van der Waals surface area contributed by atoms with Crippen molar-refractivity contribution in [3.8, 4) is 11.5 Å². The van der Waals surface area contributed by atoms with E-state index in [9.17, 15) is 117 Å². The fraction of sp³-hybridized carbons (Fsp3) is 0.617. The number of thiol groups is 2. The van der Waals surface area contributed by atoms with Gasteiger partial charge in [-0.25, -0.2) is 4.79 Å². The number of unbranched alkanes of at least 4 members (excludes halogenated alkanes) is 1. The van der Waals surface area contributed by atoms with Gasteiger partial charge in [0, 0.05) is 42.9 Å². The van der Waals surface area contributed by atoms with Crippen LogP contribution in [0.1, 0.15) is 137 Å². The first-order valence-corrected chi connectivity index (χ1v) is 43.9. The van der Waals surface area contributed by atoms with Crippen molar-refractivity contribution in [1.29, 1.82) is 5.41 Å². The summed E-state index contributed by atoms with van der Waals surface area (Å²) in [6.45, 7) is 8.18. The number of nitrogens with zero attached hydrogens (tertiary/aromatic N) is 1. The van der Waals surface area contributed by atoms with Gasteiger partial charge in [0.25, 0.3) is 0 Å². The molecule has 3 rings (SSSR count). The van der Waals surface area contributed by atoms with Crippen LogP contribution in [0.25, 0.3) is 0 Å². The monoisotopic (exact) mass is 1900 g/mol. The molecule has 2 aromatic carbocycles. The van der Waals surface area contributed by atoms with Crippen molar-refractivity contribution in [3.63, 3.8) is 0 Å². The molecule has 1 saturated heterocycles. The molecule has 38 N–H and O–H groups in total. The lowest BCUT2D eigenvalue weighted by atomic mass is 9.95. The first kappa shape index (κ1) is 114. The maximum atomic E-state index is 14.7. The molecule has 0 aliphatic carbocycles. The number of phenolic OH excluding ortho intramolecular Hbond substituents is 2. The van der Waals surface area contributed by atoms with Crippen LogP contribution in [0.2, 0.25) is 0 Å². The molecule has 1 aliphatic heterocycles. The number of hydrogen-bond acceptors (Lipinski definition) is 31. The van der Waals surface area contributed by atoms with E-state index >= 15 is 0 Å². The number of benzene rings is 2. The summed E-state index contributed by atoms with van der Waals surface area (Å²) in [6, 6.07) is -15.8. The van der Waals surface area contributed by atoms with Crippen molar-refractivity contribution in [3.05, 3.63) is 59.7 Å². The highest BCUT2D eigenvalue weighted by Crippen LogP contribution is 2.25. The van der Waals surface area contributed by atoms with E-state index in [0.29, 0.717) is 5.56 Å². The van der Waals surface area contributed by atoms with E-state index in [1.54, 1.807) is 27.7 Å². The van der Waals surface area contributed by atoms with Gasteiger partial charge >= 0.3 is 5.97 Å². The Morgan fingerprint density at radius 2 is 0.856 bits per heavy atom. The van der Waals surface area contributed by atoms with E-state index < -0.39 is 276 Å². The Bertz CT molecular complexity index is 4270. The lowest BCUT2D eigenvalue weighted by Crippen LogP contribution is -2.64. The number of carboxylic acid groups (broad SMARTS) is 1. The predicted octanol–water partition coefficient (Wildman–Crippen LogP) is -11.1. The minimum absolute atomic E-state index is 0.101. The molecule has 738 valence electrons. The molecular weight excluding hydrogens is 1770 g/mol. The molecule has 51 heteroatoms. The van der Waals surface area contributed by atoms with E-state index in [0.717, 1.165) is 11.8 Å². The van der Waals surface area contributed by atoms with Crippen molar-refractivity contribution >= 4 is 138 Å². The normalized spacial score (nSPS) is 16.9. The number of nitrogens with two attached hydrogens (primary N) is 8. The van der Waals surface area contributed by atoms with Crippen molar-refractivity contribution in [2.75, 3.05) is 51.6 Å². The summed E-state index contributed by atoms with van der Waals surface area (Å²) in [4.78, 5) is 251. The van der Waals surface area contributed by atoms with Crippen molar-refractivity contribution < 1.29 is 117 Å². The van der Waals surface area contributed by atoms with E-state index in [2.05, 4.69) is 105 Å². The first-order chi connectivity index (χ1) is 62.0. The van der Waals surface area contributed by atoms with Crippen LogP contribution in [0, 0.1) is 17.2 Å². The highest BCUT2D eigenvalue weighted by Gasteiger charge is 2.46. The molecule has 1 fully saturated rings. The zero-order valence-electron chi connectivity index (χ0n) is 74.7. The molecule has 0 spiro atoms. The molecule has 0 saturated carbocycles. The number of carbonyl (C=O) groups is 18. The molecule has 1 heterocycles. The van der Waals surface area contributed by atoms with Gasteiger partial charge in [0.15, 0.2) is 5.96 Å². The number of aliphatic hydroxyl groups is 3. The smallest absolute Gasteiger partial charge is 0.326 e. The van der Waals surface area contributed by atoms with Gasteiger partial charge in [0.1, 0.15) is 102 Å². The number of primary amides is 2. The van der Waals surface area contributed by atoms with E-state index in [1.165, 1.54) is 62.4 Å². The molecule has 19 atom stereocenters. The van der Waals surface area contributed by atoms with Crippen molar-refractivity contribution in [2.24, 2.45) is 57.7 Å². The minimum atomic E-state index is -2.05. The molecule has 0 unspecified atom stereocenters. The van der Waals surface area contributed by atoms with Crippen LogP contribution in [0.4, 0.5) is 0 Å². The Kier molecular flexibility index (Phi) is 49.2. The van der Waals surface area contributed by atoms with Crippen molar-refractivity contribution in [2.45, 2.75) is 252 Å². The number of aliphatic carboxylic acids is 1. The molecule has 17 amide bonds. The molecular formula is C81H133N25O24S2. The number of hydrogen-bond donors (Lipinski definition) is 32.